The fourth-order valence-electron chi connectivity index (χ4n) is 11.4. The molecular formula is C58H71FN8O13PS-. The Balaban J connectivity index is 0.868. The van der Waals surface area contributed by atoms with Crippen molar-refractivity contribution in [2.24, 2.45) is 18.4 Å². The molecule has 8 atom stereocenters. The maximum absolute atomic E-state index is 15.7. The summed E-state index contributed by atoms with van der Waals surface area (Å²) in [5, 5.41) is 7.70. The van der Waals surface area contributed by atoms with Crippen molar-refractivity contribution >= 4 is 81.4 Å². The number of fused-ring (bicyclic) bond motifs is 2. The van der Waals surface area contributed by atoms with Gasteiger partial charge < -0.3 is 43.7 Å². The molecule has 82 heavy (non-hydrogen) atoms. The summed E-state index contributed by atoms with van der Waals surface area (Å²) in [7, 11) is -3.39. The van der Waals surface area contributed by atoms with Crippen LogP contribution in [0.2, 0.25) is 0 Å². The number of hydrogen-bond donors (Lipinski definition) is 3. The number of rotatable bonds is 18. The Kier molecular flexibility index (Phi) is 18.3. The second-order valence-electron chi connectivity index (χ2n) is 22.8. The van der Waals surface area contributed by atoms with Crippen LogP contribution in [0.25, 0.3) is 21.1 Å². The molecule has 3 aromatic carbocycles. The van der Waals surface area contributed by atoms with Gasteiger partial charge in [0.2, 0.25) is 29.5 Å². The number of morpholine rings is 1. The van der Waals surface area contributed by atoms with E-state index in [4.69, 9.17) is 14.2 Å². The summed E-state index contributed by atoms with van der Waals surface area (Å²) >= 11 is 1.06. The molecule has 3 unspecified atom stereocenters. The van der Waals surface area contributed by atoms with Crippen LogP contribution in [0.3, 0.4) is 0 Å². The van der Waals surface area contributed by atoms with Crippen molar-refractivity contribution < 1.29 is 61.6 Å². The molecule has 0 saturated carbocycles. The highest BCUT2D eigenvalue weighted by atomic mass is 32.1. The van der Waals surface area contributed by atoms with Crippen molar-refractivity contribution in [2.75, 3.05) is 52.5 Å². The molecule has 3 N–H and O–H groups in total. The van der Waals surface area contributed by atoms with Crippen LogP contribution in [0, 0.1) is 11.3 Å². The van der Waals surface area contributed by atoms with Crippen LogP contribution in [0.4, 0.5) is 4.39 Å². The first-order valence-electron chi connectivity index (χ1n) is 27.9. The van der Waals surface area contributed by atoms with Crippen LogP contribution in [0.15, 0.2) is 77.6 Å². The lowest BCUT2D eigenvalue weighted by atomic mass is 9.85. The first kappa shape index (κ1) is 60.0. The first-order valence-corrected chi connectivity index (χ1v) is 30.5. The molecule has 4 saturated heterocycles. The second kappa shape index (κ2) is 25.1. The van der Waals surface area contributed by atoms with E-state index in [1.54, 1.807) is 44.5 Å². The zero-order chi connectivity index (χ0) is 58.8. The highest BCUT2D eigenvalue weighted by Crippen LogP contribution is 2.50. The van der Waals surface area contributed by atoms with Gasteiger partial charge in [-0.2, -0.15) is 0 Å². The summed E-state index contributed by atoms with van der Waals surface area (Å²) in [6.07, 6.45) is 1.93. The Morgan fingerprint density at radius 2 is 1.67 bits per heavy atom. The Morgan fingerprint density at radius 1 is 0.927 bits per heavy atom. The SMILES string of the molecule is CCCOC(=O)[C@H](C)NP(=O)([O-])C(F)c1ccc2sc(C(=O)N[C@H](C(=O)N3CC[C@@H](OCC(=O)N4CCC(Cc5ccc6c(c5)n(C)c(=O)n6C5CCC(=O)NC5=O)CC4)[C@H]3C(=O)N3CCO[C@H](c4ccccc4)C3)C(C)(C)C)cc2c1. The molecule has 0 spiro atoms. The van der Waals surface area contributed by atoms with Gasteiger partial charge in [-0.25, -0.2) is 9.18 Å². The molecule has 21 nitrogen and oxygen atoms in total. The van der Waals surface area contributed by atoms with Gasteiger partial charge in [0.25, 0.3) is 5.91 Å². The fourth-order valence-corrected chi connectivity index (χ4v) is 13.7. The standard InChI is InChI=1S/C58H72FN8O13PS/c1-7-26-79-56(74)34(2)62-81(76,77)51(59)38-14-17-45-39(30-38)31-46(82-45)53(71)61-50(58(3,4)5)55(73)66-24-21-43(49(66)54(72)65-25-27-78-44(32-65)37-11-9-8-10-12-37)80-33-48(69)64-22-19-35(20-23-64)28-36-13-15-40-42(29-36)63(6)57(75)67(40)41-16-18-47(68)60-52(41)70/h8-15,17,29-31,34-35,41,43-44,49-51H,7,16,18-28,32-33H2,1-6H3,(H,61,71)(H,60,68,70)(H2,62,76,77)/p-1/t34-,41?,43+,44-,49-,50+,51?/m0/s1. The molecule has 4 aliphatic rings. The molecule has 0 aliphatic carbocycles. The van der Waals surface area contributed by atoms with Crippen molar-refractivity contribution in [1.29, 1.82) is 0 Å². The van der Waals surface area contributed by atoms with Crippen molar-refractivity contribution in [3.05, 3.63) is 105 Å². The topological polar surface area (TPSA) is 260 Å². The van der Waals surface area contributed by atoms with Gasteiger partial charge in [0, 0.05) is 44.3 Å². The van der Waals surface area contributed by atoms with E-state index in [9.17, 15) is 43.0 Å². The first-order chi connectivity index (χ1) is 39.0. The third-order valence-corrected chi connectivity index (χ3v) is 18.7. The number of amides is 6. The summed E-state index contributed by atoms with van der Waals surface area (Å²) in [5.41, 5.74) is 1.71. The number of imide groups is 1. The monoisotopic (exact) mass is 1170 g/mol. The molecule has 6 heterocycles. The van der Waals surface area contributed by atoms with Crippen molar-refractivity contribution in [1.82, 2.24) is 39.6 Å². The number of carbonyl (C=O) groups is 7. The lowest BCUT2D eigenvalue weighted by Crippen LogP contribution is -2.60. The molecule has 9 rings (SSSR count). The number of aryl methyl sites for hydroxylation is 1. The number of piperidine rings is 2. The van der Waals surface area contributed by atoms with Crippen LogP contribution in [-0.2, 0) is 61.0 Å². The summed E-state index contributed by atoms with van der Waals surface area (Å²) < 4.78 is 49.8. The zero-order valence-corrected chi connectivity index (χ0v) is 48.6. The van der Waals surface area contributed by atoms with E-state index in [-0.39, 0.29) is 98.5 Å². The van der Waals surface area contributed by atoms with E-state index in [0.717, 1.165) is 22.5 Å². The minimum atomic E-state index is -5.05. The fraction of sp³-hybridized carbons (Fsp3) is 0.517. The molecule has 0 radical (unpaired) electrons. The quantitative estimate of drug-likeness (QED) is 0.0579. The van der Waals surface area contributed by atoms with E-state index >= 15 is 9.18 Å². The molecule has 4 aliphatic heterocycles. The van der Waals surface area contributed by atoms with Gasteiger partial charge in [-0.3, -0.25) is 53.1 Å². The molecule has 0 bridgehead atoms. The number of nitrogens with zero attached hydrogens (tertiary/aromatic N) is 5. The third-order valence-electron chi connectivity index (χ3n) is 15.9. The number of carbonyl (C=O) groups excluding carboxylic acids is 7. The third kappa shape index (κ3) is 13.1. The Bertz CT molecular complexity index is 3350. The lowest BCUT2D eigenvalue weighted by Gasteiger charge is -2.39. The normalized spacial score (nSPS) is 21.9. The van der Waals surface area contributed by atoms with Gasteiger partial charge in [0.1, 0.15) is 44.4 Å². The predicted octanol–water partition coefficient (Wildman–Crippen LogP) is 5.20. The number of ether oxygens (including phenoxy) is 3. The lowest BCUT2D eigenvalue weighted by molar-refractivity contribution is -0.186. The van der Waals surface area contributed by atoms with E-state index in [0.29, 0.717) is 59.9 Å². The minimum Gasteiger partial charge on any atom is -0.786 e. The van der Waals surface area contributed by atoms with Crippen molar-refractivity contribution in [3.8, 4) is 0 Å². The number of imidazole rings is 1. The Hall–Kier alpha value is -6.62. The number of likely N-dealkylation sites (tertiary alicyclic amines) is 2. The molecule has 4 fully saturated rings. The van der Waals surface area contributed by atoms with Crippen molar-refractivity contribution in [2.45, 2.75) is 122 Å². The number of benzene rings is 3. The number of aromatic nitrogens is 2. The summed E-state index contributed by atoms with van der Waals surface area (Å²) in [6.45, 7) is 9.86. The Labute approximate surface area is 478 Å². The molecular weight excluding hydrogens is 1100 g/mol. The number of alkyl halides is 1. The van der Waals surface area contributed by atoms with Gasteiger partial charge in [0.05, 0.1) is 41.8 Å². The minimum absolute atomic E-state index is 0.0824. The van der Waals surface area contributed by atoms with Crippen molar-refractivity contribution in [3.63, 3.8) is 0 Å². The van der Waals surface area contributed by atoms with Crippen LogP contribution in [0.1, 0.15) is 118 Å². The van der Waals surface area contributed by atoms with Gasteiger partial charge >= 0.3 is 11.7 Å². The maximum atomic E-state index is 15.7. The summed E-state index contributed by atoms with van der Waals surface area (Å²) in [6, 6.07) is 16.4. The number of esters is 1. The molecule has 6 amide bonds. The van der Waals surface area contributed by atoms with Crippen LogP contribution < -0.4 is 26.3 Å². The predicted molar refractivity (Wildman–Crippen MR) is 301 cm³/mol. The molecule has 5 aromatic rings. The molecule has 24 heteroatoms. The van der Waals surface area contributed by atoms with Gasteiger partial charge in [-0.05, 0) is 109 Å². The van der Waals surface area contributed by atoms with Gasteiger partial charge in [-0.15, -0.1) is 11.3 Å². The highest BCUT2D eigenvalue weighted by Gasteiger charge is 2.49. The van der Waals surface area contributed by atoms with Crippen LogP contribution in [0.5, 0.6) is 0 Å². The zero-order valence-electron chi connectivity index (χ0n) is 46.9. The average Bonchev–Trinajstić information content (AvgIpc) is 4.38. The summed E-state index contributed by atoms with van der Waals surface area (Å²) in [4.78, 5) is 126. The Morgan fingerprint density at radius 3 is 2.38 bits per heavy atom. The number of nitrogens with one attached hydrogen (secondary N) is 3. The number of thiophene rings is 1. The maximum Gasteiger partial charge on any atom is 0.329 e. The van der Waals surface area contributed by atoms with Gasteiger partial charge in [-0.1, -0.05) is 70.2 Å². The highest BCUT2D eigenvalue weighted by molar-refractivity contribution is 7.54. The number of halogens is 1. The largest absolute Gasteiger partial charge is 0.786 e. The second-order valence-corrected chi connectivity index (χ2v) is 25.8. The molecule has 440 valence electrons. The van der Waals surface area contributed by atoms with E-state index < -0.39 is 78.9 Å². The number of hydrogen-bond acceptors (Lipinski definition) is 14. The van der Waals surface area contributed by atoms with Crippen LogP contribution in [-0.4, -0.2) is 142 Å². The summed E-state index contributed by atoms with van der Waals surface area (Å²) in [5.74, 6) is -5.79. The van der Waals surface area contributed by atoms with Gasteiger partial charge in [0.15, 0.2) is 5.91 Å². The average molecular weight is 1170 g/mol. The van der Waals surface area contributed by atoms with E-state index in [1.807, 2.05) is 48.5 Å². The van der Waals surface area contributed by atoms with E-state index in [1.165, 1.54) is 45.2 Å². The smallest absolute Gasteiger partial charge is 0.329 e. The van der Waals surface area contributed by atoms with E-state index in [2.05, 4.69) is 15.7 Å². The van der Waals surface area contributed by atoms with Crippen LogP contribution >= 0.6 is 18.9 Å². The molecule has 2 aromatic heterocycles.